The van der Waals surface area contributed by atoms with Crippen molar-refractivity contribution in [1.29, 1.82) is 0 Å². The molecule has 0 aliphatic rings. The van der Waals surface area contributed by atoms with Gasteiger partial charge in [-0.2, -0.15) is 0 Å². The van der Waals surface area contributed by atoms with Gasteiger partial charge in [-0.15, -0.1) is 0 Å². The van der Waals surface area contributed by atoms with E-state index in [1.54, 1.807) is 0 Å². The Bertz CT molecular complexity index is 1890. The number of nitrogens with zero attached hydrogens (tertiary/aromatic N) is 1. The van der Waals surface area contributed by atoms with Crippen LogP contribution in [0.2, 0.25) is 0 Å². The summed E-state index contributed by atoms with van der Waals surface area (Å²) in [7, 11) is 0. The van der Waals surface area contributed by atoms with E-state index in [0.717, 1.165) is 5.56 Å². The van der Waals surface area contributed by atoms with Crippen molar-refractivity contribution in [2.75, 3.05) is 0 Å². The third kappa shape index (κ3) is 3.77. The van der Waals surface area contributed by atoms with E-state index in [-0.39, 0.29) is 0 Å². The molecule has 0 spiro atoms. The molecular formula is C37H25N. The zero-order valence-electron chi connectivity index (χ0n) is 20.9. The van der Waals surface area contributed by atoms with Gasteiger partial charge in [0.25, 0.3) is 0 Å². The molecule has 0 N–H and O–H groups in total. The van der Waals surface area contributed by atoms with Crippen molar-refractivity contribution in [3.8, 4) is 44.5 Å². The topological polar surface area (TPSA) is 12.9 Å². The van der Waals surface area contributed by atoms with Crippen molar-refractivity contribution >= 4 is 21.5 Å². The Balaban J connectivity index is 1.60. The number of rotatable bonds is 4. The second-order valence-electron chi connectivity index (χ2n) is 9.58. The fourth-order valence-electron chi connectivity index (χ4n) is 5.67. The summed E-state index contributed by atoms with van der Waals surface area (Å²) in [5.41, 5.74) is 9.68. The van der Waals surface area contributed by atoms with E-state index in [1.807, 2.05) is 12.4 Å². The van der Waals surface area contributed by atoms with Crippen molar-refractivity contribution in [2.24, 2.45) is 0 Å². The van der Waals surface area contributed by atoms with E-state index < -0.39 is 0 Å². The molecule has 0 saturated heterocycles. The normalized spacial score (nSPS) is 11.2. The highest BCUT2D eigenvalue weighted by Gasteiger charge is 2.18. The fraction of sp³-hybridized carbons (Fsp3) is 0. The summed E-state index contributed by atoms with van der Waals surface area (Å²) in [6, 6.07) is 49.9. The van der Waals surface area contributed by atoms with Crippen LogP contribution >= 0.6 is 0 Å². The Kier molecular flexibility index (Phi) is 5.53. The molecular weight excluding hydrogens is 458 g/mol. The molecule has 38 heavy (non-hydrogen) atoms. The van der Waals surface area contributed by atoms with Crippen LogP contribution < -0.4 is 0 Å². The molecule has 7 rings (SSSR count). The molecule has 0 saturated carbocycles. The summed E-state index contributed by atoms with van der Waals surface area (Å²) in [4.78, 5) is 4.47. The molecule has 0 fully saturated rings. The van der Waals surface area contributed by atoms with Gasteiger partial charge in [-0.1, -0.05) is 127 Å². The smallest absolute Gasteiger partial charge is 0.0352 e. The molecule has 1 nitrogen and oxygen atoms in total. The first-order valence-electron chi connectivity index (χ1n) is 13.0. The van der Waals surface area contributed by atoms with Crippen LogP contribution in [0.4, 0.5) is 0 Å². The summed E-state index contributed by atoms with van der Waals surface area (Å²) >= 11 is 0. The number of benzene rings is 6. The molecule has 0 aliphatic heterocycles. The molecule has 7 aromatic rings. The Morgan fingerprint density at radius 3 is 1.45 bits per heavy atom. The molecule has 1 heteroatoms. The highest BCUT2D eigenvalue weighted by atomic mass is 14.6. The van der Waals surface area contributed by atoms with E-state index in [1.165, 1.54) is 60.5 Å². The van der Waals surface area contributed by atoms with E-state index >= 15 is 0 Å². The third-order valence-corrected chi connectivity index (χ3v) is 7.37. The molecule has 178 valence electrons. The first kappa shape index (κ1) is 22.2. The van der Waals surface area contributed by atoms with E-state index in [4.69, 9.17) is 0 Å². The molecule has 0 amide bonds. The number of aromatic nitrogens is 1. The lowest BCUT2D eigenvalue weighted by Crippen LogP contribution is -1.92. The standard InChI is InChI=1S/C37H25N/c1-4-12-26(13-5-1)35-25-38-23-22-30(35)29-20-21-33-34(24-29)37(28-16-8-3-9-17-28)32-19-11-10-18-31(32)36(33)27-14-6-2-7-15-27/h1-25H. The molecule has 0 unspecified atom stereocenters. The Hall–Kier alpha value is -5.01. The maximum Gasteiger partial charge on any atom is 0.0352 e. The molecule has 6 aromatic carbocycles. The predicted octanol–water partition coefficient (Wildman–Crippen LogP) is 10.1. The summed E-state index contributed by atoms with van der Waals surface area (Å²) in [6.45, 7) is 0. The van der Waals surface area contributed by atoms with Gasteiger partial charge < -0.3 is 0 Å². The summed E-state index contributed by atoms with van der Waals surface area (Å²) < 4.78 is 0. The number of fused-ring (bicyclic) bond motifs is 2. The van der Waals surface area contributed by atoms with E-state index in [0.29, 0.717) is 0 Å². The Labute approximate surface area is 222 Å². The van der Waals surface area contributed by atoms with Gasteiger partial charge in [-0.3, -0.25) is 4.98 Å². The summed E-state index contributed by atoms with van der Waals surface area (Å²) in [5, 5.41) is 5.04. The SMILES string of the molecule is c1ccc(-c2cnccc2-c2ccc3c(-c4ccccc4)c4ccccc4c(-c4ccccc4)c3c2)cc1. The molecule has 1 heterocycles. The zero-order valence-corrected chi connectivity index (χ0v) is 20.9. The van der Waals surface area contributed by atoms with E-state index in [2.05, 4.69) is 145 Å². The average Bonchev–Trinajstić information content (AvgIpc) is 3.01. The summed E-state index contributed by atoms with van der Waals surface area (Å²) in [5.74, 6) is 0. The maximum absolute atomic E-state index is 4.47. The largest absolute Gasteiger partial charge is 0.264 e. The van der Waals surface area contributed by atoms with Crippen molar-refractivity contribution in [2.45, 2.75) is 0 Å². The minimum atomic E-state index is 1.14. The van der Waals surface area contributed by atoms with Gasteiger partial charge in [0.2, 0.25) is 0 Å². The number of hydrogen-bond donors (Lipinski definition) is 0. The molecule has 1 aromatic heterocycles. The van der Waals surface area contributed by atoms with Crippen molar-refractivity contribution in [3.05, 3.63) is 152 Å². The first-order chi connectivity index (χ1) is 18.9. The maximum atomic E-state index is 4.47. The van der Waals surface area contributed by atoms with Crippen molar-refractivity contribution in [1.82, 2.24) is 4.98 Å². The molecule has 0 aliphatic carbocycles. The lowest BCUT2D eigenvalue weighted by atomic mass is 9.84. The van der Waals surface area contributed by atoms with Crippen LogP contribution in [-0.4, -0.2) is 4.98 Å². The van der Waals surface area contributed by atoms with Gasteiger partial charge in [0, 0.05) is 18.0 Å². The third-order valence-electron chi connectivity index (χ3n) is 7.37. The van der Waals surface area contributed by atoms with Gasteiger partial charge >= 0.3 is 0 Å². The molecule has 0 radical (unpaired) electrons. The lowest BCUT2D eigenvalue weighted by molar-refractivity contribution is 1.33. The Morgan fingerprint density at radius 2 is 0.842 bits per heavy atom. The van der Waals surface area contributed by atoms with Gasteiger partial charge in [0.05, 0.1) is 0 Å². The quantitative estimate of drug-likeness (QED) is 0.227. The van der Waals surface area contributed by atoms with Gasteiger partial charge in [-0.05, 0) is 72.6 Å². The predicted molar refractivity (Wildman–Crippen MR) is 161 cm³/mol. The van der Waals surface area contributed by atoms with Gasteiger partial charge in [-0.25, -0.2) is 0 Å². The summed E-state index contributed by atoms with van der Waals surface area (Å²) in [6.07, 6.45) is 3.86. The first-order valence-corrected chi connectivity index (χ1v) is 13.0. The van der Waals surface area contributed by atoms with Crippen molar-refractivity contribution < 1.29 is 0 Å². The van der Waals surface area contributed by atoms with Crippen LogP contribution in [-0.2, 0) is 0 Å². The molecule has 0 bridgehead atoms. The minimum Gasteiger partial charge on any atom is -0.264 e. The van der Waals surface area contributed by atoms with Crippen LogP contribution in [0.15, 0.2) is 152 Å². The van der Waals surface area contributed by atoms with Crippen molar-refractivity contribution in [3.63, 3.8) is 0 Å². The highest BCUT2D eigenvalue weighted by Crippen LogP contribution is 2.45. The fourth-order valence-corrected chi connectivity index (χ4v) is 5.67. The second kappa shape index (κ2) is 9.46. The zero-order chi connectivity index (χ0) is 25.3. The van der Waals surface area contributed by atoms with Crippen LogP contribution in [0.25, 0.3) is 66.1 Å². The van der Waals surface area contributed by atoms with Crippen LogP contribution in [0.5, 0.6) is 0 Å². The molecule has 0 atom stereocenters. The van der Waals surface area contributed by atoms with Gasteiger partial charge in [0.15, 0.2) is 0 Å². The lowest BCUT2D eigenvalue weighted by Gasteiger charge is -2.19. The van der Waals surface area contributed by atoms with Crippen LogP contribution in [0.3, 0.4) is 0 Å². The minimum absolute atomic E-state index is 1.14. The van der Waals surface area contributed by atoms with Crippen LogP contribution in [0.1, 0.15) is 0 Å². The van der Waals surface area contributed by atoms with Crippen LogP contribution in [0, 0.1) is 0 Å². The number of pyridine rings is 1. The average molecular weight is 484 g/mol. The Morgan fingerprint density at radius 1 is 0.342 bits per heavy atom. The van der Waals surface area contributed by atoms with Gasteiger partial charge in [0.1, 0.15) is 0 Å². The number of hydrogen-bond acceptors (Lipinski definition) is 1. The van der Waals surface area contributed by atoms with E-state index in [9.17, 15) is 0 Å². The second-order valence-corrected chi connectivity index (χ2v) is 9.58. The monoisotopic (exact) mass is 483 g/mol. The highest BCUT2D eigenvalue weighted by molar-refractivity contribution is 6.22.